The molecule has 0 amide bonds. The molecular formula is C25H30FN3O2S. The van der Waals surface area contributed by atoms with E-state index in [1.54, 1.807) is 6.07 Å². The lowest BCUT2D eigenvalue weighted by molar-refractivity contribution is 0.277. The SMILES string of the molecule is Cc1c(CCCN2CC3C(C)C3(c3cccc(NS(C)(=O)=O)c3)C2)[nH]c2ccc(F)cc12. The number of anilines is 1. The molecule has 1 aliphatic carbocycles. The third kappa shape index (κ3) is 3.71. The maximum absolute atomic E-state index is 13.6. The number of sulfonamides is 1. The maximum atomic E-state index is 13.6. The Morgan fingerprint density at radius 1 is 1.25 bits per heavy atom. The number of likely N-dealkylation sites (tertiary alicyclic amines) is 1. The molecule has 170 valence electrons. The highest BCUT2D eigenvalue weighted by Gasteiger charge is 2.66. The van der Waals surface area contributed by atoms with Crippen molar-refractivity contribution in [2.75, 3.05) is 30.6 Å². The summed E-state index contributed by atoms with van der Waals surface area (Å²) in [5, 5.41) is 0.970. The standard InChI is InChI=1S/C25H30FN3O2S/c1-16-21-13-19(26)9-10-24(21)27-23(16)8-5-11-29-14-22-17(2)25(22,15-29)18-6-4-7-20(12-18)28-32(3,30)31/h4,6-7,9-10,12-13,17,22,27-28H,5,8,11,14-15H2,1-3H3. The van der Waals surface area contributed by atoms with Crippen molar-refractivity contribution in [2.24, 2.45) is 11.8 Å². The zero-order valence-electron chi connectivity index (χ0n) is 18.8. The minimum absolute atomic E-state index is 0.129. The van der Waals surface area contributed by atoms with Crippen LogP contribution >= 0.6 is 0 Å². The Morgan fingerprint density at radius 3 is 2.84 bits per heavy atom. The van der Waals surface area contributed by atoms with Gasteiger partial charge in [-0.3, -0.25) is 4.72 Å². The van der Waals surface area contributed by atoms with Crippen molar-refractivity contribution >= 4 is 26.6 Å². The molecule has 5 rings (SSSR count). The van der Waals surface area contributed by atoms with E-state index in [0.29, 0.717) is 17.5 Å². The van der Waals surface area contributed by atoms with Crippen LogP contribution < -0.4 is 4.72 Å². The molecule has 0 radical (unpaired) electrons. The normalized spacial score (nSPS) is 25.2. The number of aromatic amines is 1. The molecule has 2 fully saturated rings. The molecule has 2 aromatic carbocycles. The number of rotatable bonds is 7. The average Bonchev–Trinajstić information content (AvgIpc) is 3.02. The first-order valence-corrected chi connectivity index (χ1v) is 13.1. The van der Waals surface area contributed by atoms with Crippen molar-refractivity contribution in [1.82, 2.24) is 9.88 Å². The van der Waals surface area contributed by atoms with Gasteiger partial charge < -0.3 is 9.88 Å². The van der Waals surface area contributed by atoms with Gasteiger partial charge in [0.25, 0.3) is 0 Å². The quantitative estimate of drug-likeness (QED) is 0.554. The number of nitrogens with one attached hydrogen (secondary N) is 2. The summed E-state index contributed by atoms with van der Waals surface area (Å²) >= 11 is 0. The third-order valence-electron chi connectivity index (χ3n) is 7.64. The van der Waals surface area contributed by atoms with Crippen molar-refractivity contribution in [1.29, 1.82) is 0 Å². The smallest absolute Gasteiger partial charge is 0.229 e. The van der Waals surface area contributed by atoms with E-state index >= 15 is 0 Å². The number of fused-ring (bicyclic) bond motifs is 2. The van der Waals surface area contributed by atoms with Gasteiger partial charge in [-0.05, 0) is 79.6 Å². The van der Waals surface area contributed by atoms with E-state index in [-0.39, 0.29) is 11.2 Å². The molecule has 32 heavy (non-hydrogen) atoms. The number of aromatic nitrogens is 1. The van der Waals surface area contributed by atoms with E-state index in [1.165, 1.54) is 23.6 Å². The molecule has 3 unspecified atom stereocenters. The molecule has 0 bridgehead atoms. The topological polar surface area (TPSA) is 65.2 Å². The van der Waals surface area contributed by atoms with Crippen LogP contribution in [0.15, 0.2) is 42.5 Å². The van der Waals surface area contributed by atoms with Crippen LogP contribution in [0.2, 0.25) is 0 Å². The van der Waals surface area contributed by atoms with Crippen molar-refractivity contribution in [3.8, 4) is 0 Å². The van der Waals surface area contributed by atoms with Gasteiger partial charge in [0.2, 0.25) is 10.0 Å². The van der Waals surface area contributed by atoms with E-state index in [2.05, 4.69) is 34.5 Å². The summed E-state index contributed by atoms with van der Waals surface area (Å²) < 4.78 is 39.5. The first kappa shape index (κ1) is 21.5. The lowest BCUT2D eigenvalue weighted by Crippen LogP contribution is -2.30. The molecule has 1 aliphatic heterocycles. The molecule has 2 heterocycles. The van der Waals surface area contributed by atoms with E-state index in [0.717, 1.165) is 48.9 Å². The summed E-state index contributed by atoms with van der Waals surface area (Å²) in [5.74, 6) is 1.03. The largest absolute Gasteiger partial charge is 0.358 e. The first-order chi connectivity index (χ1) is 15.2. The fourth-order valence-corrected chi connectivity index (χ4v) is 6.49. The molecule has 0 spiro atoms. The second-order valence-electron chi connectivity index (χ2n) is 9.65. The van der Waals surface area contributed by atoms with Crippen LogP contribution in [0.25, 0.3) is 10.9 Å². The predicted octanol–water partition coefficient (Wildman–Crippen LogP) is 4.44. The lowest BCUT2D eigenvalue weighted by Gasteiger charge is -2.23. The van der Waals surface area contributed by atoms with Crippen LogP contribution in [0, 0.1) is 24.6 Å². The van der Waals surface area contributed by atoms with E-state index in [1.807, 2.05) is 24.3 Å². The van der Waals surface area contributed by atoms with Gasteiger partial charge in [0.15, 0.2) is 0 Å². The Bertz CT molecular complexity index is 1290. The Morgan fingerprint density at radius 2 is 2.06 bits per heavy atom. The van der Waals surface area contributed by atoms with Crippen LogP contribution in [0.3, 0.4) is 0 Å². The second-order valence-corrected chi connectivity index (χ2v) is 11.4. The van der Waals surface area contributed by atoms with Gasteiger partial charge in [-0.15, -0.1) is 0 Å². The van der Waals surface area contributed by atoms with E-state index < -0.39 is 10.0 Å². The van der Waals surface area contributed by atoms with Crippen LogP contribution in [0.4, 0.5) is 10.1 Å². The van der Waals surface area contributed by atoms with Crippen LogP contribution in [0.5, 0.6) is 0 Å². The summed E-state index contributed by atoms with van der Waals surface area (Å²) in [7, 11) is -3.29. The minimum Gasteiger partial charge on any atom is -0.358 e. The average molecular weight is 456 g/mol. The predicted molar refractivity (Wildman–Crippen MR) is 127 cm³/mol. The lowest BCUT2D eigenvalue weighted by atomic mass is 9.92. The highest BCUT2D eigenvalue weighted by atomic mass is 32.2. The minimum atomic E-state index is -3.29. The number of piperidine rings is 1. The highest BCUT2D eigenvalue weighted by molar-refractivity contribution is 7.92. The summed E-state index contributed by atoms with van der Waals surface area (Å²) in [6, 6.07) is 12.8. The van der Waals surface area contributed by atoms with Gasteiger partial charge >= 0.3 is 0 Å². The molecule has 1 aromatic heterocycles. The second kappa shape index (κ2) is 7.59. The molecule has 5 nitrogen and oxygen atoms in total. The molecule has 3 atom stereocenters. The van der Waals surface area contributed by atoms with Gasteiger partial charge in [-0.1, -0.05) is 19.1 Å². The van der Waals surface area contributed by atoms with E-state index in [4.69, 9.17) is 0 Å². The van der Waals surface area contributed by atoms with Crippen LogP contribution in [-0.4, -0.2) is 44.2 Å². The molecule has 2 N–H and O–H groups in total. The Labute approximate surface area is 189 Å². The number of benzene rings is 2. The monoisotopic (exact) mass is 455 g/mol. The third-order valence-corrected chi connectivity index (χ3v) is 8.24. The summed E-state index contributed by atoms with van der Waals surface area (Å²) in [4.78, 5) is 6.00. The Kier molecular flexibility index (Phi) is 5.09. The first-order valence-electron chi connectivity index (χ1n) is 11.2. The summed E-state index contributed by atoms with van der Waals surface area (Å²) in [5.41, 5.74) is 5.34. The maximum Gasteiger partial charge on any atom is 0.229 e. The fourth-order valence-electron chi connectivity index (χ4n) is 5.93. The summed E-state index contributed by atoms with van der Waals surface area (Å²) in [6.07, 6.45) is 3.17. The summed E-state index contributed by atoms with van der Waals surface area (Å²) in [6.45, 7) is 7.49. The molecular weight excluding hydrogens is 425 g/mol. The van der Waals surface area contributed by atoms with Crippen molar-refractivity contribution in [3.05, 3.63) is 65.1 Å². The van der Waals surface area contributed by atoms with Crippen molar-refractivity contribution in [3.63, 3.8) is 0 Å². The Hall–Kier alpha value is -2.38. The van der Waals surface area contributed by atoms with Gasteiger partial charge in [-0.2, -0.15) is 0 Å². The highest BCUT2D eigenvalue weighted by Crippen LogP contribution is 2.64. The van der Waals surface area contributed by atoms with Gasteiger partial charge in [0.1, 0.15) is 5.82 Å². The Balaban J connectivity index is 1.24. The number of halogens is 1. The molecule has 2 aliphatic rings. The number of aryl methyl sites for hydroxylation is 2. The molecule has 1 saturated heterocycles. The zero-order chi connectivity index (χ0) is 22.7. The van der Waals surface area contributed by atoms with Crippen LogP contribution in [0.1, 0.15) is 30.2 Å². The number of nitrogens with zero attached hydrogens (tertiary/aromatic N) is 1. The number of H-pyrrole nitrogens is 1. The van der Waals surface area contributed by atoms with E-state index in [9.17, 15) is 12.8 Å². The van der Waals surface area contributed by atoms with Crippen molar-refractivity contribution in [2.45, 2.75) is 32.1 Å². The van der Waals surface area contributed by atoms with Crippen molar-refractivity contribution < 1.29 is 12.8 Å². The number of hydrogen-bond acceptors (Lipinski definition) is 3. The number of hydrogen-bond donors (Lipinski definition) is 2. The van der Waals surface area contributed by atoms with Gasteiger partial charge in [0, 0.05) is 40.8 Å². The van der Waals surface area contributed by atoms with Gasteiger partial charge in [0.05, 0.1) is 6.26 Å². The zero-order valence-corrected chi connectivity index (χ0v) is 19.6. The molecule has 3 aromatic rings. The fraction of sp³-hybridized carbons (Fsp3) is 0.440. The molecule has 1 saturated carbocycles. The molecule has 7 heteroatoms. The van der Waals surface area contributed by atoms with Gasteiger partial charge in [-0.25, -0.2) is 12.8 Å². The van der Waals surface area contributed by atoms with Crippen LogP contribution in [-0.2, 0) is 21.9 Å².